The van der Waals surface area contributed by atoms with E-state index in [9.17, 15) is 22.0 Å². The van der Waals surface area contributed by atoms with Crippen LogP contribution in [0, 0.1) is 11.6 Å². The summed E-state index contributed by atoms with van der Waals surface area (Å²) < 4.78 is 55.2. The number of nitrogens with zero attached hydrogens (tertiary/aromatic N) is 2. The van der Waals surface area contributed by atoms with Gasteiger partial charge in [-0.25, -0.2) is 17.2 Å². The van der Waals surface area contributed by atoms with Crippen LogP contribution in [-0.4, -0.2) is 27.1 Å². The lowest BCUT2D eigenvalue weighted by Crippen LogP contribution is -2.25. The maximum atomic E-state index is 14.2. The van der Waals surface area contributed by atoms with Crippen LogP contribution >= 0.6 is 0 Å². The molecule has 2 N–H and O–H groups in total. The molecule has 1 heterocycles. The molecule has 0 amide bonds. The molecule has 0 radical (unpaired) electrons. The van der Waals surface area contributed by atoms with E-state index in [1.807, 2.05) is 0 Å². The molecule has 10 heteroatoms. The second-order valence-electron chi connectivity index (χ2n) is 7.25. The van der Waals surface area contributed by atoms with Gasteiger partial charge in [0.15, 0.2) is 0 Å². The zero-order valence-electron chi connectivity index (χ0n) is 17.7. The smallest absolute Gasteiger partial charge is 0.273 e. The topological polar surface area (TPSA) is 83.4 Å². The summed E-state index contributed by atoms with van der Waals surface area (Å²) in [7, 11) is 1.28. The van der Waals surface area contributed by atoms with E-state index < -0.39 is 21.7 Å². The average Bonchev–Trinajstić information content (AvgIpc) is 2.72. The van der Waals surface area contributed by atoms with E-state index >= 15 is 0 Å². The van der Waals surface area contributed by atoms with E-state index in [1.165, 1.54) is 16.7 Å². The number of sulfonamides is 1. The van der Waals surface area contributed by atoms with Gasteiger partial charge in [-0.05, 0) is 36.4 Å². The van der Waals surface area contributed by atoms with Crippen LogP contribution in [0.5, 0.6) is 0 Å². The summed E-state index contributed by atoms with van der Waals surface area (Å²) in [5, 5.41) is 3.69. The Morgan fingerprint density at radius 3 is 2.38 bits per heavy atom. The maximum absolute atomic E-state index is 14.2. The lowest BCUT2D eigenvalue weighted by atomic mass is 10.0. The van der Waals surface area contributed by atoms with Gasteiger partial charge in [-0.3, -0.25) is 9.52 Å². The van der Waals surface area contributed by atoms with Crippen molar-refractivity contribution in [2.45, 2.75) is 0 Å². The molecule has 0 atom stereocenters. The van der Waals surface area contributed by atoms with Crippen LogP contribution in [0.15, 0.2) is 65.4 Å². The summed E-state index contributed by atoms with van der Waals surface area (Å²) in [6, 6.07) is 9.37. The van der Waals surface area contributed by atoms with Gasteiger partial charge in [0.25, 0.3) is 15.6 Å². The fourth-order valence-electron chi connectivity index (χ4n) is 3.06. The van der Waals surface area contributed by atoms with Gasteiger partial charge in [0, 0.05) is 61.3 Å². The Morgan fingerprint density at radius 2 is 1.75 bits per heavy atom. The van der Waals surface area contributed by atoms with E-state index in [1.54, 1.807) is 50.4 Å². The van der Waals surface area contributed by atoms with Crippen molar-refractivity contribution in [3.8, 4) is 11.1 Å². The second kappa shape index (κ2) is 8.83. The number of benzene rings is 2. The molecule has 32 heavy (non-hydrogen) atoms. The van der Waals surface area contributed by atoms with E-state index in [0.717, 1.165) is 17.5 Å². The van der Waals surface area contributed by atoms with Crippen LogP contribution in [0.25, 0.3) is 11.1 Å². The van der Waals surface area contributed by atoms with Gasteiger partial charge in [0.05, 0.1) is 5.69 Å². The van der Waals surface area contributed by atoms with Crippen molar-refractivity contribution >= 4 is 32.8 Å². The van der Waals surface area contributed by atoms with Gasteiger partial charge in [-0.1, -0.05) is 6.58 Å². The number of hydrogen-bond acceptors (Lipinski definition) is 5. The number of rotatable bonds is 7. The van der Waals surface area contributed by atoms with Gasteiger partial charge in [-0.2, -0.15) is 0 Å². The number of hydrogen-bond donors (Lipinski definition) is 2. The van der Waals surface area contributed by atoms with Crippen molar-refractivity contribution in [2.24, 2.45) is 7.05 Å². The fourth-order valence-corrected chi connectivity index (χ4v) is 3.60. The molecule has 0 aliphatic carbocycles. The molecular formula is C22H22F2N4O3S. The fraction of sp³-hybridized carbons (Fsp3) is 0.136. The zero-order chi connectivity index (χ0) is 23.6. The van der Waals surface area contributed by atoms with Crippen molar-refractivity contribution in [1.29, 1.82) is 0 Å². The third-order valence-corrected chi connectivity index (χ3v) is 5.62. The number of aromatic nitrogens is 1. The highest BCUT2D eigenvalue weighted by Crippen LogP contribution is 2.34. The van der Waals surface area contributed by atoms with Crippen LogP contribution in [0.2, 0.25) is 0 Å². The minimum Gasteiger partial charge on any atom is -0.373 e. The predicted octanol–water partition coefficient (Wildman–Crippen LogP) is 4.03. The lowest BCUT2D eigenvalue weighted by molar-refractivity contribution is 0.586. The monoisotopic (exact) mass is 460 g/mol. The second-order valence-corrected chi connectivity index (χ2v) is 8.88. The molecule has 0 spiro atoms. The molecule has 7 nitrogen and oxygen atoms in total. The Labute approximate surface area is 184 Å². The van der Waals surface area contributed by atoms with Crippen LogP contribution in [0.3, 0.4) is 0 Å². The molecule has 3 aromatic rings. The number of aryl methyl sites for hydroxylation is 1. The Bertz CT molecular complexity index is 1350. The highest BCUT2D eigenvalue weighted by atomic mass is 32.2. The minimum absolute atomic E-state index is 0.0322. The predicted molar refractivity (Wildman–Crippen MR) is 124 cm³/mol. The first-order valence-corrected chi connectivity index (χ1v) is 10.9. The Kier molecular flexibility index (Phi) is 6.35. The molecule has 0 aliphatic heterocycles. The number of anilines is 4. The molecule has 168 valence electrons. The number of halogens is 2. The van der Waals surface area contributed by atoms with Crippen molar-refractivity contribution < 1.29 is 17.2 Å². The molecule has 2 aromatic carbocycles. The molecule has 3 rings (SSSR count). The van der Waals surface area contributed by atoms with Crippen LogP contribution in [0.1, 0.15) is 0 Å². The minimum atomic E-state index is -3.76. The summed E-state index contributed by atoms with van der Waals surface area (Å²) in [4.78, 5) is 14.1. The highest BCUT2D eigenvalue weighted by Gasteiger charge is 2.15. The highest BCUT2D eigenvalue weighted by molar-refractivity contribution is 7.95. The quantitative estimate of drug-likeness (QED) is 0.556. The molecule has 0 saturated heterocycles. The lowest BCUT2D eigenvalue weighted by Gasteiger charge is -2.18. The van der Waals surface area contributed by atoms with E-state index in [0.29, 0.717) is 22.5 Å². The average molecular weight is 461 g/mol. The maximum Gasteiger partial charge on any atom is 0.273 e. The molecule has 0 unspecified atom stereocenters. The molecule has 0 aliphatic rings. The SMILES string of the molecule is C=CS(=O)(=O)Nc1ccc(Nc2ccc(F)cc2F)c(-c2cc(N(C)C)c(=O)n(C)c2)c1. The van der Waals surface area contributed by atoms with Crippen molar-refractivity contribution in [3.05, 3.63) is 82.6 Å². The molecule has 0 saturated carbocycles. The molecule has 1 aromatic heterocycles. The summed E-state index contributed by atoms with van der Waals surface area (Å²) >= 11 is 0. The molecule has 0 fully saturated rings. The standard InChI is InChI=1S/C22H22F2N4O3S/c1-5-32(30,31)26-16-7-9-19(25-20-8-6-15(23)11-18(20)24)17(12-16)14-10-21(27(2)3)22(29)28(4)13-14/h5-13,25-26H,1H2,2-4H3. The normalized spacial score (nSPS) is 11.2. The Balaban J connectivity index is 2.20. The van der Waals surface area contributed by atoms with Gasteiger partial charge in [0.2, 0.25) is 0 Å². The van der Waals surface area contributed by atoms with Crippen LogP contribution in [-0.2, 0) is 17.1 Å². The summed E-state index contributed by atoms with van der Waals surface area (Å²) in [6.07, 6.45) is 1.59. The van der Waals surface area contributed by atoms with Crippen LogP contribution in [0.4, 0.5) is 31.5 Å². The first-order chi connectivity index (χ1) is 15.0. The third-order valence-electron chi connectivity index (χ3n) is 4.66. The van der Waals surface area contributed by atoms with Gasteiger partial charge in [0.1, 0.15) is 17.3 Å². The van der Waals surface area contributed by atoms with Crippen molar-refractivity contribution in [3.63, 3.8) is 0 Å². The summed E-state index contributed by atoms with van der Waals surface area (Å²) in [6.45, 7) is 3.27. The molecular weight excluding hydrogens is 438 g/mol. The van der Waals surface area contributed by atoms with E-state index in [4.69, 9.17) is 0 Å². The molecule has 0 bridgehead atoms. The zero-order valence-corrected chi connectivity index (χ0v) is 18.5. The number of pyridine rings is 1. The van der Waals surface area contributed by atoms with Gasteiger partial charge >= 0.3 is 0 Å². The largest absolute Gasteiger partial charge is 0.373 e. The first-order valence-electron chi connectivity index (χ1n) is 9.40. The van der Waals surface area contributed by atoms with Crippen molar-refractivity contribution in [1.82, 2.24) is 4.57 Å². The number of nitrogens with one attached hydrogen (secondary N) is 2. The summed E-state index contributed by atoms with van der Waals surface area (Å²) in [5.41, 5.74) is 1.93. The van der Waals surface area contributed by atoms with Gasteiger partial charge in [-0.15, -0.1) is 0 Å². The van der Waals surface area contributed by atoms with E-state index in [2.05, 4.69) is 16.6 Å². The van der Waals surface area contributed by atoms with Crippen molar-refractivity contribution in [2.75, 3.05) is 29.0 Å². The van der Waals surface area contributed by atoms with E-state index in [-0.39, 0.29) is 16.9 Å². The Hall–Kier alpha value is -3.66. The first kappa shape index (κ1) is 23.0. The third kappa shape index (κ3) is 4.97. The van der Waals surface area contributed by atoms with Gasteiger partial charge < -0.3 is 14.8 Å². The Morgan fingerprint density at radius 1 is 1.06 bits per heavy atom. The summed E-state index contributed by atoms with van der Waals surface area (Å²) in [5.74, 6) is -1.50. The van der Waals surface area contributed by atoms with Crippen LogP contribution < -0.4 is 20.5 Å².